The largest absolute Gasteiger partial charge is 0.324 e. The minimum Gasteiger partial charge on any atom is -0.324 e. The van der Waals surface area contributed by atoms with Crippen LogP contribution < -0.4 is 10.6 Å². The molecule has 0 spiro atoms. The number of hydrogen-bond acceptors (Lipinski definition) is 3. The molecular formula is C13H19N5. The Bertz CT molecular complexity index is 430. The first-order valence-corrected chi connectivity index (χ1v) is 5.99. The van der Waals surface area contributed by atoms with Gasteiger partial charge in [0, 0.05) is 6.20 Å². The topological polar surface area (TPSA) is 73.1 Å². The van der Waals surface area contributed by atoms with Crippen LogP contribution in [0, 0.1) is 11.5 Å². The van der Waals surface area contributed by atoms with Crippen molar-refractivity contribution in [2.45, 2.75) is 39.2 Å². The Kier molecular flexibility index (Phi) is 5.12. The number of aromatic nitrogens is 1. The van der Waals surface area contributed by atoms with Crippen LogP contribution in [0.1, 0.15) is 33.6 Å². The second kappa shape index (κ2) is 6.60. The molecular weight excluding hydrogens is 226 g/mol. The molecule has 0 bridgehead atoms. The van der Waals surface area contributed by atoms with Crippen molar-refractivity contribution in [2.75, 3.05) is 5.32 Å². The van der Waals surface area contributed by atoms with Crippen LogP contribution in [-0.4, -0.2) is 16.5 Å². The van der Waals surface area contributed by atoms with Gasteiger partial charge in [0.25, 0.3) is 0 Å². The lowest BCUT2D eigenvalue weighted by Crippen LogP contribution is -2.31. The van der Waals surface area contributed by atoms with Crippen molar-refractivity contribution in [3.8, 4) is 6.19 Å². The molecule has 1 aromatic rings. The zero-order valence-electron chi connectivity index (χ0n) is 11.1. The first-order chi connectivity index (χ1) is 8.57. The lowest BCUT2D eigenvalue weighted by Gasteiger charge is -2.20. The van der Waals surface area contributed by atoms with Gasteiger partial charge in [-0.2, -0.15) is 5.26 Å². The average molecular weight is 245 g/mol. The smallest absolute Gasteiger partial charge is 0.209 e. The molecule has 1 rings (SSSR count). The fourth-order valence-electron chi connectivity index (χ4n) is 1.68. The van der Waals surface area contributed by atoms with Gasteiger partial charge in [0.2, 0.25) is 5.96 Å². The summed E-state index contributed by atoms with van der Waals surface area (Å²) in [5.74, 6) is 0.448. The highest BCUT2D eigenvalue weighted by Crippen LogP contribution is 2.16. The monoisotopic (exact) mass is 245 g/mol. The molecule has 5 heteroatoms. The highest BCUT2D eigenvalue weighted by atomic mass is 15.2. The van der Waals surface area contributed by atoms with Gasteiger partial charge in [0.1, 0.15) is 0 Å². The molecule has 0 aliphatic carbocycles. The number of guanidine groups is 1. The zero-order valence-corrected chi connectivity index (χ0v) is 11.1. The van der Waals surface area contributed by atoms with Crippen molar-refractivity contribution in [3.05, 3.63) is 24.5 Å². The Morgan fingerprint density at radius 3 is 2.89 bits per heavy atom. The van der Waals surface area contributed by atoms with E-state index in [9.17, 15) is 0 Å². The lowest BCUT2D eigenvalue weighted by atomic mass is 10.0. The van der Waals surface area contributed by atoms with Gasteiger partial charge in [-0.05, 0) is 32.4 Å². The van der Waals surface area contributed by atoms with Crippen LogP contribution in [0.15, 0.2) is 29.5 Å². The normalized spacial score (nSPS) is 11.8. The summed E-state index contributed by atoms with van der Waals surface area (Å²) >= 11 is 0. The summed E-state index contributed by atoms with van der Waals surface area (Å²) in [6.45, 7) is 6.20. The van der Waals surface area contributed by atoms with Gasteiger partial charge in [-0.3, -0.25) is 10.3 Å². The fraction of sp³-hybridized carbons (Fsp3) is 0.462. The number of rotatable bonds is 4. The van der Waals surface area contributed by atoms with E-state index in [0.717, 1.165) is 18.5 Å². The molecule has 18 heavy (non-hydrogen) atoms. The van der Waals surface area contributed by atoms with Crippen molar-refractivity contribution in [1.29, 1.82) is 5.26 Å². The van der Waals surface area contributed by atoms with Crippen molar-refractivity contribution < 1.29 is 0 Å². The molecule has 2 N–H and O–H groups in total. The standard InChI is InChI=1S/C13H19N5/c1-4-7-13(2,3)18-12(16-10-14)17-11-6-5-8-15-9-11/h5-6,8-9H,4,7H2,1-3H3,(H2,16,17,18). The van der Waals surface area contributed by atoms with E-state index in [-0.39, 0.29) is 5.54 Å². The Morgan fingerprint density at radius 1 is 1.56 bits per heavy atom. The summed E-state index contributed by atoms with van der Waals surface area (Å²) in [6, 6.07) is 3.69. The maximum Gasteiger partial charge on any atom is 0.209 e. The van der Waals surface area contributed by atoms with Crippen LogP contribution in [0.25, 0.3) is 0 Å². The third-order valence-electron chi connectivity index (χ3n) is 2.37. The molecule has 0 aliphatic heterocycles. The molecule has 5 nitrogen and oxygen atoms in total. The molecule has 0 atom stereocenters. The predicted molar refractivity (Wildman–Crippen MR) is 73.0 cm³/mol. The van der Waals surface area contributed by atoms with E-state index in [0.29, 0.717) is 5.96 Å². The van der Waals surface area contributed by atoms with Crippen LogP contribution in [0.5, 0.6) is 0 Å². The number of anilines is 1. The van der Waals surface area contributed by atoms with Gasteiger partial charge >= 0.3 is 0 Å². The van der Waals surface area contributed by atoms with Gasteiger partial charge in [0.05, 0.1) is 17.4 Å². The Balaban J connectivity index is 2.83. The van der Waals surface area contributed by atoms with E-state index in [1.807, 2.05) is 32.2 Å². The van der Waals surface area contributed by atoms with Crippen molar-refractivity contribution in [3.63, 3.8) is 0 Å². The van der Waals surface area contributed by atoms with Crippen molar-refractivity contribution in [2.24, 2.45) is 4.99 Å². The number of hydrogen-bond donors (Lipinski definition) is 2. The summed E-state index contributed by atoms with van der Waals surface area (Å²) in [6.07, 6.45) is 7.27. The SMILES string of the molecule is CCCC(C)(C)N=C(NC#N)Nc1cccnc1. The third kappa shape index (κ3) is 4.83. The molecule has 0 saturated carbocycles. The van der Waals surface area contributed by atoms with Crippen LogP contribution in [0.2, 0.25) is 0 Å². The maximum absolute atomic E-state index is 8.74. The van der Waals surface area contributed by atoms with Crippen LogP contribution in [-0.2, 0) is 0 Å². The van der Waals surface area contributed by atoms with Crippen molar-refractivity contribution in [1.82, 2.24) is 10.3 Å². The number of nitrogens with one attached hydrogen (secondary N) is 2. The van der Waals surface area contributed by atoms with Gasteiger partial charge in [-0.25, -0.2) is 4.99 Å². The molecule has 1 aromatic heterocycles. The fourth-order valence-corrected chi connectivity index (χ4v) is 1.68. The van der Waals surface area contributed by atoms with Crippen LogP contribution >= 0.6 is 0 Å². The Labute approximate surface area is 108 Å². The van der Waals surface area contributed by atoms with Crippen molar-refractivity contribution >= 4 is 11.6 Å². The maximum atomic E-state index is 8.74. The minimum absolute atomic E-state index is 0.205. The highest BCUT2D eigenvalue weighted by molar-refractivity contribution is 5.94. The number of aliphatic imine (C=N–C) groups is 1. The number of nitriles is 1. The minimum atomic E-state index is -0.205. The van der Waals surface area contributed by atoms with Gasteiger partial charge in [0.15, 0.2) is 6.19 Å². The first-order valence-electron chi connectivity index (χ1n) is 5.99. The summed E-state index contributed by atoms with van der Waals surface area (Å²) < 4.78 is 0. The number of nitrogens with zero attached hydrogens (tertiary/aromatic N) is 3. The van der Waals surface area contributed by atoms with Gasteiger partial charge in [-0.15, -0.1) is 0 Å². The van der Waals surface area contributed by atoms with Crippen LogP contribution in [0.3, 0.4) is 0 Å². The molecule has 0 aromatic carbocycles. The number of pyridine rings is 1. The van der Waals surface area contributed by atoms with Gasteiger partial charge < -0.3 is 5.32 Å². The molecule has 0 unspecified atom stereocenters. The Hall–Kier alpha value is -2.09. The van der Waals surface area contributed by atoms with Gasteiger partial charge in [-0.1, -0.05) is 13.3 Å². The van der Waals surface area contributed by atoms with E-state index in [4.69, 9.17) is 5.26 Å². The van der Waals surface area contributed by atoms with E-state index in [1.165, 1.54) is 0 Å². The first kappa shape index (κ1) is 14.0. The van der Waals surface area contributed by atoms with E-state index in [1.54, 1.807) is 12.4 Å². The zero-order chi connectivity index (χ0) is 13.4. The predicted octanol–water partition coefficient (Wildman–Crippen LogP) is 2.50. The molecule has 0 aliphatic rings. The molecule has 0 saturated heterocycles. The molecule has 96 valence electrons. The second-order valence-electron chi connectivity index (χ2n) is 4.63. The quantitative estimate of drug-likeness (QED) is 0.370. The molecule has 0 amide bonds. The van der Waals surface area contributed by atoms with E-state index in [2.05, 4.69) is 27.5 Å². The summed E-state index contributed by atoms with van der Waals surface area (Å²) in [4.78, 5) is 8.53. The lowest BCUT2D eigenvalue weighted by molar-refractivity contribution is 0.472. The summed E-state index contributed by atoms with van der Waals surface area (Å²) in [7, 11) is 0. The third-order valence-corrected chi connectivity index (χ3v) is 2.37. The summed E-state index contributed by atoms with van der Waals surface area (Å²) in [5, 5.41) is 14.4. The molecule has 1 heterocycles. The molecule has 0 radical (unpaired) electrons. The van der Waals surface area contributed by atoms with E-state index < -0.39 is 0 Å². The second-order valence-corrected chi connectivity index (χ2v) is 4.63. The van der Waals surface area contributed by atoms with E-state index >= 15 is 0 Å². The van der Waals surface area contributed by atoms with Crippen LogP contribution in [0.4, 0.5) is 5.69 Å². The summed E-state index contributed by atoms with van der Waals surface area (Å²) in [5.41, 5.74) is 0.592. The average Bonchev–Trinajstić information content (AvgIpc) is 2.29. The Morgan fingerprint density at radius 2 is 2.33 bits per heavy atom. The molecule has 0 fully saturated rings. The highest BCUT2D eigenvalue weighted by Gasteiger charge is 2.16.